The zero-order valence-electron chi connectivity index (χ0n) is 6.06. The van der Waals surface area contributed by atoms with Crippen LogP contribution in [0.15, 0.2) is 0 Å². The first kappa shape index (κ1) is 8.14. The van der Waals surface area contributed by atoms with Crippen LogP contribution < -0.4 is 5.40 Å². The first-order valence-corrected chi connectivity index (χ1v) is 5.95. The summed E-state index contributed by atoms with van der Waals surface area (Å²) in [5, 5.41) is 5.80. The Labute approximate surface area is 52.1 Å². The molecule has 0 aliphatic heterocycles. The Balaban J connectivity index is 3.62. The molecule has 0 aromatic rings. The van der Waals surface area contributed by atoms with Crippen molar-refractivity contribution < 1.29 is 4.74 Å². The predicted octanol–water partition coefficient (Wildman–Crippen LogP) is 0.724. The Kier molecular flexibility index (Phi) is 2.66. The largest absolute Gasteiger partial charge is 0.383 e. The van der Waals surface area contributed by atoms with Gasteiger partial charge < -0.3 is 10.1 Å². The van der Waals surface area contributed by atoms with E-state index in [2.05, 4.69) is 13.1 Å². The molecular weight excluding hydrogens is 118 g/mol. The zero-order valence-corrected chi connectivity index (χ0v) is 7.06. The van der Waals surface area contributed by atoms with Crippen LogP contribution >= 0.6 is 0 Å². The van der Waals surface area contributed by atoms with Crippen LogP contribution in [0.3, 0.4) is 0 Å². The van der Waals surface area contributed by atoms with Crippen molar-refractivity contribution in [3.63, 3.8) is 0 Å². The number of hydrogen-bond donors (Lipinski definition) is 1. The molecule has 50 valence electrons. The van der Waals surface area contributed by atoms with E-state index in [1.807, 2.05) is 6.92 Å². The zero-order chi connectivity index (χ0) is 6.78. The molecule has 0 rings (SSSR count). The molecule has 2 N–H and O–H groups in total. The molecule has 0 fully saturated rings. The Morgan fingerprint density at radius 2 is 1.88 bits per heavy atom. The number of hydrogen-bond acceptors (Lipinski definition) is 2. The molecule has 0 radical (unpaired) electrons. The van der Waals surface area contributed by atoms with Crippen LogP contribution in [0.4, 0.5) is 0 Å². The number of rotatable bonds is 2. The van der Waals surface area contributed by atoms with Gasteiger partial charge in [-0.25, -0.2) is 0 Å². The molecule has 2 nitrogen and oxygen atoms in total. The topological polar surface area (TPSA) is 35.2 Å². The highest BCUT2D eigenvalue weighted by Crippen LogP contribution is 2.01. The number of nitrogens with two attached hydrogens (primary N) is 1. The molecule has 0 saturated heterocycles. The van der Waals surface area contributed by atoms with Crippen LogP contribution in [-0.2, 0) is 4.74 Å². The van der Waals surface area contributed by atoms with Crippen molar-refractivity contribution in [1.29, 1.82) is 0 Å². The van der Waals surface area contributed by atoms with E-state index in [0.29, 0.717) is 0 Å². The van der Waals surface area contributed by atoms with Crippen LogP contribution in [0.2, 0.25) is 13.1 Å². The third-order valence-corrected chi connectivity index (χ3v) is 3.73. The molecule has 0 aromatic heterocycles. The summed E-state index contributed by atoms with van der Waals surface area (Å²) < 4.78 is 5.05. The van der Waals surface area contributed by atoms with E-state index in [0.717, 1.165) is 0 Å². The highest BCUT2D eigenvalue weighted by molar-refractivity contribution is 6.75. The fraction of sp³-hybridized carbons (Fsp3) is 1.00. The SMILES string of the molecule is COC(C)[Si](C)(C)N. The predicted molar refractivity (Wildman–Crippen MR) is 38.1 cm³/mol. The number of methoxy groups -OCH3 is 1. The Morgan fingerprint density at radius 1 is 1.50 bits per heavy atom. The normalized spacial score (nSPS) is 16.1. The van der Waals surface area contributed by atoms with E-state index < -0.39 is 8.24 Å². The van der Waals surface area contributed by atoms with Crippen molar-refractivity contribution >= 4 is 8.24 Å². The fourth-order valence-corrected chi connectivity index (χ4v) is 0.911. The van der Waals surface area contributed by atoms with E-state index in [1.165, 1.54) is 0 Å². The van der Waals surface area contributed by atoms with Crippen LogP contribution in [-0.4, -0.2) is 21.1 Å². The monoisotopic (exact) mass is 133 g/mol. The van der Waals surface area contributed by atoms with Gasteiger partial charge >= 0.3 is 0 Å². The van der Waals surface area contributed by atoms with Gasteiger partial charge in [-0.2, -0.15) is 0 Å². The van der Waals surface area contributed by atoms with Gasteiger partial charge in [0.1, 0.15) is 8.24 Å². The number of ether oxygens (including phenoxy) is 1. The minimum Gasteiger partial charge on any atom is -0.383 e. The van der Waals surface area contributed by atoms with Crippen LogP contribution in [0.25, 0.3) is 0 Å². The highest BCUT2D eigenvalue weighted by atomic mass is 28.3. The second kappa shape index (κ2) is 2.62. The van der Waals surface area contributed by atoms with E-state index >= 15 is 0 Å². The van der Waals surface area contributed by atoms with Gasteiger partial charge in [0.25, 0.3) is 0 Å². The molecule has 0 bridgehead atoms. The summed E-state index contributed by atoms with van der Waals surface area (Å²) in [4.78, 5) is 0. The van der Waals surface area contributed by atoms with E-state index in [4.69, 9.17) is 10.1 Å². The summed E-state index contributed by atoms with van der Waals surface area (Å²) in [7, 11) is 0.218. The molecule has 3 heteroatoms. The first-order chi connectivity index (χ1) is 3.48. The Morgan fingerprint density at radius 3 is 1.88 bits per heavy atom. The molecule has 1 unspecified atom stereocenters. The highest BCUT2D eigenvalue weighted by Gasteiger charge is 2.22. The van der Waals surface area contributed by atoms with Crippen molar-refractivity contribution in [2.24, 2.45) is 5.40 Å². The summed E-state index contributed by atoms with van der Waals surface area (Å²) in [6.07, 6.45) is 0. The molecule has 0 spiro atoms. The molecule has 0 aliphatic rings. The molecule has 0 amide bonds. The lowest BCUT2D eigenvalue weighted by Crippen LogP contribution is -2.50. The maximum absolute atomic E-state index is 5.80. The summed E-state index contributed by atoms with van der Waals surface area (Å²) in [5.41, 5.74) is 0.266. The van der Waals surface area contributed by atoms with E-state index in [9.17, 15) is 0 Å². The summed E-state index contributed by atoms with van der Waals surface area (Å²) in [6, 6.07) is 0. The average molecular weight is 133 g/mol. The summed E-state index contributed by atoms with van der Waals surface area (Å²) >= 11 is 0. The van der Waals surface area contributed by atoms with Crippen molar-refractivity contribution in [3.05, 3.63) is 0 Å². The molecule has 0 saturated carbocycles. The second-order valence-corrected chi connectivity index (χ2v) is 7.16. The molecule has 1 atom stereocenters. The average Bonchev–Trinajstić information content (AvgIpc) is 1.62. The molecule has 0 aromatic carbocycles. The molecule has 0 aliphatic carbocycles. The Bertz CT molecular complexity index is 69.3. The third-order valence-electron chi connectivity index (χ3n) is 1.40. The second-order valence-electron chi connectivity index (χ2n) is 2.70. The van der Waals surface area contributed by atoms with Crippen molar-refractivity contribution in [1.82, 2.24) is 0 Å². The van der Waals surface area contributed by atoms with Gasteiger partial charge in [0.2, 0.25) is 0 Å². The van der Waals surface area contributed by atoms with E-state index in [-0.39, 0.29) is 5.73 Å². The Hall–Kier alpha value is 0.137. The van der Waals surface area contributed by atoms with E-state index in [1.54, 1.807) is 7.11 Å². The molecular formula is C5H15NOSi. The van der Waals surface area contributed by atoms with Gasteiger partial charge in [-0.15, -0.1) is 0 Å². The first-order valence-electron chi connectivity index (χ1n) is 2.80. The third kappa shape index (κ3) is 2.45. The standard InChI is InChI=1S/C5H15NOSi/c1-5(7-2)8(3,4)6/h5H,6H2,1-4H3. The fourth-order valence-electron chi connectivity index (χ4n) is 0.304. The lowest BCUT2D eigenvalue weighted by atomic mass is 10.9. The summed E-state index contributed by atoms with van der Waals surface area (Å²) in [5.74, 6) is 0. The van der Waals surface area contributed by atoms with Crippen molar-refractivity contribution in [2.75, 3.05) is 7.11 Å². The van der Waals surface area contributed by atoms with Gasteiger partial charge in [-0.3, -0.25) is 0 Å². The minimum absolute atomic E-state index is 0.266. The van der Waals surface area contributed by atoms with Gasteiger partial charge in [0.15, 0.2) is 0 Å². The maximum atomic E-state index is 5.80. The van der Waals surface area contributed by atoms with Gasteiger partial charge in [-0.1, -0.05) is 13.1 Å². The minimum atomic E-state index is -1.48. The van der Waals surface area contributed by atoms with Gasteiger partial charge in [0, 0.05) is 7.11 Å². The quantitative estimate of drug-likeness (QED) is 0.563. The smallest absolute Gasteiger partial charge is 0.147 e. The summed E-state index contributed by atoms with van der Waals surface area (Å²) in [6.45, 7) is 6.19. The van der Waals surface area contributed by atoms with Crippen LogP contribution in [0.5, 0.6) is 0 Å². The van der Waals surface area contributed by atoms with Crippen LogP contribution in [0, 0.1) is 0 Å². The molecule has 8 heavy (non-hydrogen) atoms. The van der Waals surface area contributed by atoms with Gasteiger partial charge in [0.05, 0.1) is 5.73 Å². The lowest BCUT2D eigenvalue weighted by Gasteiger charge is -2.22. The maximum Gasteiger partial charge on any atom is 0.147 e. The lowest BCUT2D eigenvalue weighted by molar-refractivity contribution is 0.172. The molecule has 0 heterocycles. The van der Waals surface area contributed by atoms with Crippen molar-refractivity contribution in [3.8, 4) is 0 Å². The van der Waals surface area contributed by atoms with Gasteiger partial charge in [-0.05, 0) is 6.92 Å². The van der Waals surface area contributed by atoms with Crippen LogP contribution in [0.1, 0.15) is 6.92 Å². The van der Waals surface area contributed by atoms with Crippen molar-refractivity contribution in [2.45, 2.75) is 25.7 Å².